The molecule has 1 unspecified atom stereocenters. The van der Waals surface area contributed by atoms with E-state index in [4.69, 9.17) is 17.2 Å². The fourth-order valence-corrected chi connectivity index (χ4v) is 16.3. The van der Waals surface area contributed by atoms with Crippen LogP contribution in [0.2, 0.25) is 0 Å². The maximum atomic E-state index is 15.1. The van der Waals surface area contributed by atoms with Crippen molar-refractivity contribution < 1.29 is 121 Å². The number of aliphatic hydroxyl groups excluding tert-OH is 1. The van der Waals surface area contributed by atoms with Crippen molar-refractivity contribution in [3.8, 4) is 0 Å². The van der Waals surface area contributed by atoms with E-state index in [2.05, 4.69) is 87.6 Å². The molecule has 718 valence electrons. The average Bonchev–Trinajstić information content (AvgIpc) is 0.835. The van der Waals surface area contributed by atoms with Crippen LogP contribution in [0.15, 0.2) is 110 Å². The molecule has 0 aliphatic carbocycles. The lowest BCUT2D eigenvalue weighted by molar-refractivity contribution is -0.142. The highest BCUT2D eigenvalue weighted by atomic mass is 32.2. The molecule has 42 nitrogen and oxygen atoms in total. The number of benzene rings is 3. The van der Waals surface area contributed by atoms with Crippen LogP contribution in [0.4, 0.5) is 0 Å². The minimum Gasteiger partial charge on any atom is -0.481 e. The van der Waals surface area contributed by atoms with Gasteiger partial charge < -0.3 is 117 Å². The van der Waals surface area contributed by atoms with Crippen LogP contribution in [0.3, 0.4) is 0 Å². The first-order valence-corrected chi connectivity index (χ1v) is 45.3. The molecule has 3 aromatic rings. The zero-order valence-corrected chi connectivity index (χ0v) is 76.6. The molecular weight excluding hydrogens is 1770 g/mol. The highest BCUT2D eigenvalue weighted by molar-refractivity contribution is 8.03. The van der Waals surface area contributed by atoms with Gasteiger partial charge in [0.05, 0.1) is 31.4 Å². The number of fused-ring (bicyclic) bond motifs is 1. The Kier molecular flexibility index (Phi) is 46.4. The number of aliphatic carboxylic acids is 4. The van der Waals surface area contributed by atoms with E-state index >= 15 is 4.79 Å². The number of thioether (sulfide) groups is 3. The Morgan fingerprint density at radius 2 is 0.947 bits per heavy atom. The SMILES string of the molecule is C=C/C(=C\C)CSC[C@H]1NC(=O)[C@@H](C)NC(=O)[C@H](Cc2cccc3ccccc23)NC(=O)[C@H](CCC(=O)O)NC(=O)[C@H](CC(N)=O)NC(=O)[C@@H](C)NC(=O)[C@@H](NC(=O)[C@H](C)N)CSCCSC[C@@H](C(N)=O)NC(=O)[C@H](C(C)(C)C)NC(=O)[C@H](CC(=O)O)NC(=O)[C@H](CC(C=C)[C@H](C)[C@H](C)O)NC(=O)[C@H](Cc2ccccc2)NC(=O)[C@H](CC(=O)O)NC(=O)[C@H](CCC(=O)O)NC1=O. The standard InChI is InChI=1S/C86H121N17O25S3/c1-12-48(13-2)39-131-42-64-84(127)93-55(28-30-67(108)109)76(119)98-60(37-68(110)111)81(124)95-56(33-49-21-16-15-17-22-49)78(121)97-57(34-50(14-3)43(4)47(8)104)79(122)99-61(38-69(112)113)82(125)103-70(86(9,10)11)85(128)100-62(71(89)114)40-129-31-32-130-41-63(101-72(115)44(5)87)83(126)91-45(6)73(116)94-59(36-65(88)105)80(123)92-54(27-29-66(106)107)75(118)96-58(77(120)90-46(7)74(117)102-64)35-52-25-20-24-51-23-18-19-26-53(51)52/h12-26,43-47,50,54-64,70,104H,1,3,27-42,87H2,2,4-11H3,(H2,88,105)(H2,89,114)(H,90,120)(H,91,126)(H,92,123)(H,93,127)(H,94,116)(H,95,124)(H,96,118)(H,97,121)(H,98,119)(H,99,122)(H,100,128)(H,101,115)(H,102,117)(H,103,125)(H,106,107)(H,108,109)(H,110,111)(H,112,113)/b48-13+/t43-,44+,45-,46-,47+,50?,54+,55+,56+,57+,58+,59+,60+,61+,62+,63+,64-,70-/m1/s1. The Hall–Kier alpha value is -12.5. The molecule has 3 aromatic carbocycles. The first-order chi connectivity index (χ1) is 61.6. The Labute approximate surface area is 769 Å². The molecule has 16 amide bonds. The lowest BCUT2D eigenvalue weighted by atomic mass is 9.84. The summed E-state index contributed by atoms with van der Waals surface area (Å²) in [6.07, 6.45) is -4.62. The second kappa shape index (κ2) is 54.9. The van der Waals surface area contributed by atoms with Gasteiger partial charge in [0.1, 0.15) is 84.6 Å². The number of hydrogen-bond donors (Lipinski definition) is 22. The molecule has 0 bridgehead atoms. The highest BCUT2D eigenvalue weighted by Crippen LogP contribution is 2.26. The van der Waals surface area contributed by atoms with Gasteiger partial charge in [-0.1, -0.05) is 125 Å². The van der Waals surface area contributed by atoms with E-state index in [1.54, 1.807) is 80.6 Å². The van der Waals surface area contributed by atoms with Gasteiger partial charge in [-0.2, -0.15) is 35.3 Å². The predicted octanol–water partition coefficient (Wildman–Crippen LogP) is -2.56. The lowest BCUT2D eigenvalue weighted by Crippen LogP contribution is -2.62. The number of hydrogen-bond acceptors (Lipinski definition) is 25. The third-order valence-electron chi connectivity index (χ3n) is 20.7. The zero-order valence-electron chi connectivity index (χ0n) is 74.1. The largest absolute Gasteiger partial charge is 0.481 e. The number of aliphatic hydroxyl groups is 1. The first-order valence-electron chi connectivity index (χ1n) is 41.9. The number of allylic oxidation sites excluding steroid dienone is 3. The Balaban J connectivity index is 1.96. The van der Waals surface area contributed by atoms with Crippen molar-refractivity contribution in [3.05, 3.63) is 121 Å². The minimum atomic E-state index is -2.21. The quantitative estimate of drug-likeness (QED) is 0.0251. The van der Waals surface area contributed by atoms with Gasteiger partial charge in [-0.05, 0) is 98.6 Å². The van der Waals surface area contributed by atoms with Crippen molar-refractivity contribution in [1.82, 2.24) is 74.4 Å². The minimum absolute atomic E-state index is 0.131. The second-order valence-corrected chi connectivity index (χ2v) is 35.7. The molecule has 1 fully saturated rings. The number of carbonyl (C=O) groups is 20. The summed E-state index contributed by atoms with van der Waals surface area (Å²) in [6, 6.07) is -6.96. The molecule has 131 heavy (non-hydrogen) atoms. The van der Waals surface area contributed by atoms with E-state index in [9.17, 15) is 117 Å². The van der Waals surface area contributed by atoms with Gasteiger partial charge in [0, 0.05) is 60.2 Å². The van der Waals surface area contributed by atoms with Crippen LogP contribution in [0.25, 0.3) is 10.8 Å². The van der Waals surface area contributed by atoms with E-state index in [0.29, 0.717) is 27.5 Å². The number of amides is 16. The van der Waals surface area contributed by atoms with Gasteiger partial charge in [-0.3, -0.25) is 95.9 Å². The first kappa shape index (κ1) is 111. The number of carboxylic acid groups (broad SMARTS) is 4. The van der Waals surface area contributed by atoms with Gasteiger partial charge in [0.15, 0.2) is 0 Å². The summed E-state index contributed by atoms with van der Waals surface area (Å²) in [5.41, 5.74) is 17.3. The monoisotopic (exact) mass is 1890 g/mol. The summed E-state index contributed by atoms with van der Waals surface area (Å²) in [5.74, 6) is -27.3. The summed E-state index contributed by atoms with van der Waals surface area (Å²) in [7, 11) is 0. The maximum absolute atomic E-state index is 15.1. The summed E-state index contributed by atoms with van der Waals surface area (Å²) in [4.78, 5) is 279. The third-order valence-corrected chi connectivity index (χ3v) is 24.2. The number of nitrogens with one attached hydrogen (secondary N) is 14. The van der Waals surface area contributed by atoms with Crippen LogP contribution in [-0.2, 0) is 109 Å². The second-order valence-electron chi connectivity index (χ2n) is 32.4. The topological polar surface area (TPSA) is 689 Å². The summed E-state index contributed by atoms with van der Waals surface area (Å²) < 4.78 is 0. The van der Waals surface area contributed by atoms with Gasteiger partial charge in [-0.25, -0.2) is 0 Å². The summed E-state index contributed by atoms with van der Waals surface area (Å²) >= 11 is 3.16. The van der Waals surface area contributed by atoms with Crippen molar-refractivity contribution in [2.45, 2.75) is 223 Å². The van der Waals surface area contributed by atoms with Gasteiger partial charge in [0.25, 0.3) is 0 Å². The maximum Gasteiger partial charge on any atom is 0.305 e. The fraction of sp³-hybridized carbons (Fsp3) is 0.512. The molecular formula is C86H121N17O25S3. The molecule has 1 heterocycles. The van der Waals surface area contributed by atoms with Crippen LogP contribution < -0.4 is 91.6 Å². The van der Waals surface area contributed by atoms with Crippen molar-refractivity contribution in [2.24, 2.45) is 34.5 Å². The van der Waals surface area contributed by atoms with E-state index in [0.717, 1.165) is 49.1 Å². The average molecular weight is 1890 g/mol. The third kappa shape index (κ3) is 38.6. The molecule has 1 aliphatic rings. The molecule has 1 aliphatic heterocycles. The van der Waals surface area contributed by atoms with Crippen molar-refractivity contribution in [2.75, 3.05) is 34.5 Å². The van der Waals surface area contributed by atoms with E-state index in [1.165, 1.54) is 58.9 Å². The zero-order chi connectivity index (χ0) is 98.3. The lowest BCUT2D eigenvalue weighted by Gasteiger charge is -2.33. The van der Waals surface area contributed by atoms with Crippen LogP contribution in [0.5, 0.6) is 0 Å². The molecule has 0 radical (unpaired) electrons. The number of carbonyl (C=O) groups excluding carboxylic acids is 16. The normalized spacial score (nSPS) is 24.5. The van der Waals surface area contributed by atoms with Crippen LogP contribution >= 0.6 is 35.3 Å². The Morgan fingerprint density at radius 1 is 0.511 bits per heavy atom. The number of primary amides is 2. The van der Waals surface area contributed by atoms with Crippen LogP contribution in [0, 0.1) is 17.3 Å². The predicted molar refractivity (Wildman–Crippen MR) is 486 cm³/mol. The van der Waals surface area contributed by atoms with E-state index in [1.807, 2.05) is 0 Å². The van der Waals surface area contributed by atoms with Crippen LogP contribution in [0.1, 0.15) is 125 Å². The Morgan fingerprint density at radius 3 is 1.44 bits per heavy atom. The Bertz CT molecular complexity index is 4640. The summed E-state index contributed by atoms with van der Waals surface area (Å²) in [5, 5.41) is 86.4. The molecule has 0 spiro atoms. The van der Waals surface area contributed by atoms with Crippen molar-refractivity contribution >= 4 is 164 Å². The fourth-order valence-electron chi connectivity index (χ4n) is 13.0. The van der Waals surface area contributed by atoms with Gasteiger partial charge in [0.2, 0.25) is 94.5 Å². The van der Waals surface area contributed by atoms with Crippen molar-refractivity contribution in [3.63, 3.8) is 0 Å². The highest BCUT2D eigenvalue weighted by Gasteiger charge is 2.42. The molecule has 45 heteroatoms. The molecule has 0 aromatic heterocycles. The van der Waals surface area contributed by atoms with E-state index in [-0.39, 0.29) is 34.5 Å². The van der Waals surface area contributed by atoms with Crippen LogP contribution in [-0.4, -0.2) is 275 Å². The molecule has 1 saturated heterocycles. The smallest absolute Gasteiger partial charge is 0.305 e. The van der Waals surface area contributed by atoms with E-state index < -0.39 is 297 Å². The number of nitrogens with two attached hydrogens (primary N) is 3. The molecule has 18 atom stereocenters. The van der Waals surface area contributed by atoms with Gasteiger partial charge >= 0.3 is 23.9 Å². The molecule has 0 saturated carbocycles. The number of carboxylic acids is 4. The van der Waals surface area contributed by atoms with Gasteiger partial charge in [-0.15, -0.1) is 6.58 Å². The molecule has 25 N–H and O–H groups in total. The molecule has 4 rings (SSSR count). The summed E-state index contributed by atoms with van der Waals surface area (Å²) in [6.45, 7) is 20.4. The number of rotatable bonds is 29. The van der Waals surface area contributed by atoms with Crippen molar-refractivity contribution in [1.29, 1.82) is 0 Å².